The number of anilines is 1. The van der Waals surface area contributed by atoms with Gasteiger partial charge in [-0.05, 0) is 38.0 Å². The second-order valence-corrected chi connectivity index (χ2v) is 8.23. The molecule has 0 aliphatic carbocycles. The summed E-state index contributed by atoms with van der Waals surface area (Å²) in [6, 6.07) is 11.5. The normalized spacial score (nSPS) is 17.6. The SMILES string of the molecule is Cc1ccc(NC(=O)C2CCCN2S(=O)(=O)c2ccccc2)cc1[N+](=O)[O-]. The molecule has 1 aliphatic heterocycles. The van der Waals surface area contributed by atoms with Crippen LogP contribution in [0.25, 0.3) is 0 Å². The molecule has 0 radical (unpaired) electrons. The van der Waals surface area contributed by atoms with E-state index < -0.39 is 26.9 Å². The van der Waals surface area contributed by atoms with Gasteiger partial charge in [0.15, 0.2) is 0 Å². The second-order valence-electron chi connectivity index (χ2n) is 6.33. The zero-order chi connectivity index (χ0) is 19.6. The summed E-state index contributed by atoms with van der Waals surface area (Å²) in [4.78, 5) is 23.4. The number of aryl methyl sites for hydroxylation is 1. The number of nitro groups is 1. The van der Waals surface area contributed by atoms with E-state index in [-0.39, 0.29) is 22.8 Å². The van der Waals surface area contributed by atoms with Crippen molar-refractivity contribution in [3.05, 3.63) is 64.2 Å². The lowest BCUT2D eigenvalue weighted by atomic mass is 10.1. The first-order valence-electron chi connectivity index (χ1n) is 8.43. The maximum absolute atomic E-state index is 12.8. The van der Waals surface area contributed by atoms with Crippen LogP contribution in [-0.2, 0) is 14.8 Å². The maximum atomic E-state index is 12.8. The molecule has 8 nitrogen and oxygen atoms in total. The number of hydrogen-bond acceptors (Lipinski definition) is 5. The van der Waals surface area contributed by atoms with Gasteiger partial charge in [0, 0.05) is 23.9 Å². The highest BCUT2D eigenvalue weighted by Gasteiger charge is 2.39. The Morgan fingerprint density at radius 1 is 1.22 bits per heavy atom. The standard InChI is InChI=1S/C18H19N3O5S/c1-13-9-10-14(12-17(13)21(23)24)19-18(22)16-8-5-11-20(16)27(25,26)15-6-3-2-4-7-15/h2-4,6-7,9-10,12,16H,5,8,11H2,1H3,(H,19,22). The molecule has 1 unspecified atom stereocenters. The summed E-state index contributed by atoms with van der Waals surface area (Å²) in [5.74, 6) is -0.495. The smallest absolute Gasteiger partial charge is 0.274 e. The Kier molecular flexibility index (Phi) is 5.24. The van der Waals surface area contributed by atoms with Crippen molar-refractivity contribution in [2.24, 2.45) is 0 Å². The van der Waals surface area contributed by atoms with Crippen LogP contribution in [0.4, 0.5) is 11.4 Å². The summed E-state index contributed by atoms with van der Waals surface area (Å²) in [6.45, 7) is 1.86. The molecule has 0 saturated carbocycles. The quantitative estimate of drug-likeness (QED) is 0.624. The zero-order valence-corrected chi connectivity index (χ0v) is 15.5. The number of nitrogens with one attached hydrogen (secondary N) is 1. The summed E-state index contributed by atoms with van der Waals surface area (Å²) >= 11 is 0. The number of benzene rings is 2. The van der Waals surface area contributed by atoms with E-state index in [4.69, 9.17) is 0 Å². The van der Waals surface area contributed by atoms with E-state index in [2.05, 4.69) is 5.32 Å². The number of nitro benzene ring substituents is 1. The van der Waals surface area contributed by atoms with E-state index in [0.717, 1.165) is 0 Å². The van der Waals surface area contributed by atoms with Crippen LogP contribution in [0.5, 0.6) is 0 Å². The van der Waals surface area contributed by atoms with Gasteiger partial charge in [-0.2, -0.15) is 4.31 Å². The highest BCUT2D eigenvalue weighted by Crippen LogP contribution is 2.28. The van der Waals surface area contributed by atoms with Crippen LogP contribution in [0.1, 0.15) is 18.4 Å². The number of nitrogens with zero attached hydrogens (tertiary/aromatic N) is 2. The van der Waals surface area contributed by atoms with E-state index >= 15 is 0 Å². The van der Waals surface area contributed by atoms with E-state index in [1.807, 2.05) is 0 Å². The monoisotopic (exact) mass is 389 g/mol. The minimum Gasteiger partial charge on any atom is -0.324 e. The number of amides is 1. The van der Waals surface area contributed by atoms with Crippen LogP contribution in [-0.4, -0.2) is 36.1 Å². The Labute approximate surface area is 157 Å². The maximum Gasteiger partial charge on any atom is 0.274 e. The highest BCUT2D eigenvalue weighted by atomic mass is 32.2. The molecule has 0 bridgehead atoms. The van der Waals surface area contributed by atoms with Crippen molar-refractivity contribution in [1.29, 1.82) is 0 Å². The Morgan fingerprint density at radius 3 is 2.59 bits per heavy atom. The number of hydrogen-bond donors (Lipinski definition) is 1. The van der Waals surface area contributed by atoms with Crippen molar-refractivity contribution < 1.29 is 18.1 Å². The Hall–Kier alpha value is -2.78. The molecular formula is C18H19N3O5S. The number of rotatable bonds is 5. The molecule has 1 saturated heterocycles. The molecular weight excluding hydrogens is 370 g/mol. The van der Waals surface area contributed by atoms with Gasteiger partial charge in [-0.25, -0.2) is 8.42 Å². The minimum atomic E-state index is -3.79. The van der Waals surface area contributed by atoms with Gasteiger partial charge in [0.05, 0.1) is 9.82 Å². The fraction of sp³-hybridized carbons (Fsp3) is 0.278. The highest BCUT2D eigenvalue weighted by molar-refractivity contribution is 7.89. The van der Waals surface area contributed by atoms with E-state index in [1.165, 1.54) is 22.5 Å². The molecule has 2 aromatic rings. The third-order valence-electron chi connectivity index (χ3n) is 4.53. The lowest BCUT2D eigenvalue weighted by Crippen LogP contribution is -2.43. The lowest BCUT2D eigenvalue weighted by molar-refractivity contribution is -0.385. The largest absolute Gasteiger partial charge is 0.324 e. The van der Waals surface area contributed by atoms with Gasteiger partial charge >= 0.3 is 0 Å². The van der Waals surface area contributed by atoms with Crippen molar-refractivity contribution in [2.75, 3.05) is 11.9 Å². The van der Waals surface area contributed by atoms with Gasteiger partial charge in [0.1, 0.15) is 6.04 Å². The van der Waals surface area contributed by atoms with Crippen LogP contribution in [0.2, 0.25) is 0 Å². The molecule has 1 heterocycles. The fourth-order valence-electron chi connectivity index (χ4n) is 3.13. The van der Waals surface area contributed by atoms with Crippen molar-refractivity contribution in [3.63, 3.8) is 0 Å². The van der Waals surface area contributed by atoms with Gasteiger partial charge in [-0.15, -0.1) is 0 Å². The Balaban J connectivity index is 1.82. The van der Waals surface area contributed by atoms with E-state index in [1.54, 1.807) is 37.3 Å². The van der Waals surface area contributed by atoms with E-state index in [9.17, 15) is 23.3 Å². The van der Waals surface area contributed by atoms with Crippen LogP contribution in [0.15, 0.2) is 53.4 Å². The van der Waals surface area contributed by atoms with Crippen molar-refractivity contribution in [3.8, 4) is 0 Å². The molecule has 2 aromatic carbocycles. The second kappa shape index (κ2) is 7.45. The lowest BCUT2D eigenvalue weighted by Gasteiger charge is -2.23. The Morgan fingerprint density at radius 2 is 1.93 bits per heavy atom. The van der Waals surface area contributed by atoms with Gasteiger partial charge in [-0.3, -0.25) is 14.9 Å². The predicted molar refractivity (Wildman–Crippen MR) is 99.8 cm³/mol. The average molecular weight is 389 g/mol. The first-order chi connectivity index (χ1) is 12.8. The fourth-order valence-corrected chi connectivity index (χ4v) is 4.80. The van der Waals surface area contributed by atoms with Crippen LogP contribution in [0, 0.1) is 17.0 Å². The molecule has 1 atom stereocenters. The summed E-state index contributed by atoms with van der Waals surface area (Å²) in [7, 11) is -3.79. The molecule has 27 heavy (non-hydrogen) atoms. The van der Waals surface area contributed by atoms with Gasteiger partial charge < -0.3 is 5.32 Å². The number of carbonyl (C=O) groups is 1. The molecule has 1 aliphatic rings. The van der Waals surface area contributed by atoms with Crippen LogP contribution >= 0.6 is 0 Å². The molecule has 142 valence electrons. The third-order valence-corrected chi connectivity index (χ3v) is 6.45. The minimum absolute atomic E-state index is 0.104. The van der Waals surface area contributed by atoms with Gasteiger partial charge in [0.2, 0.25) is 15.9 Å². The zero-order valence-electron chi connectivity index (χ0n) is 14.7. The van der Waals surface area contributed by atoms with Crippen molar-refractivity contribution >= 4 is 27.3 Å². The molecule has 1 N–H and O–H groups in total. The molecule has 1 amide bonds. The molecule has 9 heteroatoms. The first-order valence-corrected chi connectivity index (χ1v) is 9.87. The van der Waals surface area contributed by atoms with E-state index in [0.29, 0.717) is 18.4 Å². The average Bonchev–Trinajstić information content (AvgIpc) is 3.14. The van der Waals surface area contributed by atoms with Gasteiger partial charge in [-0.1, -0.05) is 24.3 Å². The molecule has 0 spiro atoms. The number of carbonyl (C=O) groups excluding carboxylic acids is 1. The van der Waals surface area contributed by atoms with Crippen LogP contribution < -0.4 is 5.32 Å². The predicted octanol–water partition coefficient (Wildman–Crippen LogP) is 2.70. The summed E-state index contributed by atoms with van der Waals surface area (Å²) < 4.78 is 26.9. The first kappa shape index (κ1) is 19.0. The topological polar surface area (TPSA) is 110 Å². The van der Waals surface area contributed by atoms with Gasteiger partial charge in [0.25, 0.3) is 5.69 Å². The summed E-state index contributed by atoms with van der Waals surface area (Å²) in [5, 5.41) is 13.7. The Bertz CT molecular complexity index is 976. The summed E-state index contributed by atoms with van der Waals surface area (Å²) in [5.41, 5.74) is 0.640. The summed E-state index contributed by atoms with van der Waals surface area (Å²) in [6.07, 6.45) is 0.962. The third kappa shape index (κ3) is 3.83. The molecule has 1 fully saturated rings. The van der Waals surface area contributed by atoms with Crippen molar-refractivity contribution in [2.45, 2.75) is 30.7 Å². The van der Waals surface area contributed by atoms with Crippen LogP contribution in [0.3, 0.4) is 0 Å². The number of sulfonamides is 1. The molecule has 3 rings (SSSR count). The molecule has 0 aromatic heterocycles. The van der Waals surface area contributed by atoms with Crippen molar-refractivity contribution in [1.82, 2.24) is 4.31 Å².